The molecule has 6 nitrogen and oxygen atoms in total. The first-order valence-electron chi connectivity index (χ1n) is 7.89. The fraction of sp³-hybridized carbons (Fsp3) is 0.167. The number of nitrogens with zero attached hydrogens (tertiary/aromatic N) is 2. The van der Waals surface area contributed by atoms with Crippen LogP contribution in [0.25, 0.3) is 11.3 Å². The van der Waals surface area contributed by atoms with Gasteiger partial charge in [0.05, 0.1) is 15.7 Å². The van der Waals surface area contributed by atoms with Gasteiger partial charge in [-0.15, -0.1) is 11.3 Å². The summed E-state index contributed by atoms with van der Waals surface area (Å²) < 4.78 is 6.83. The topological polar surface area (TPSA) is 73.2 Å². The third kappa shape index (κ3) is 4.50. The highest BCUT2D eigenvalue weighted by Crippen LogP contribution is 2.30. The number of thiazole rings is 1. The first-order valence-corrected chi connectivity index (χ1v) is 9.53. The number of esters is 1. The van der Waals surface area contributed by atoms with Crippen LogP contribution in [0, 0.1) is 0 Å². The smallest absolute Gasteiger partial charge is 0.355 e. The molecule has 0 saturated carbocycles. The van der Waals surface area contributed by atoms with Gasteiger partial charge in [0.25, 0.3) is 5.91 Å². The van der Waals surface area contributed by atoms with Crippen LogP contribution in [0.15, 0.2) is 41.9 Å². The van der Waals surface area contributed by atoms with Crippen LogP contribution in [0.2, 0.25) is 10.0 Å². The van der Waals surface area contributed by atoms with Crippen molar-refractivity contribution in [3.8, 4) is 11.3 Å². The zero-order valence-electron chi connectivity index (χ0n) is 14.4. The van der Waals surface area contributed by atoms with E-state index in [0.717, 1.165) is 5.56 Å². The van der Waals surface area contributed by atoms with Gasteiger partial charge in [0.15, 0.2) is 11.2 Å². The van der Waals surface area contributed by atoms with Crippen LogP contribution in [-0.4, -0.2) is 27.5 Å². The number of benzene rings is 1. The second-order valence-electron chi connectivity index (χ2n) is 5.71. The predicted octanol–water partition coefficient (Wildman–Crippen LogP) is 4.64. The Morgan fingerprint density at radius 1 is 1.26 bits per heavy atom. The van der Waals surface area contributed by atoms with Crippen LogP contribution in [-0.2, 0) is 16.6 Å². The number of nitrogens with one attached hydrogen (secondary N) is 1. The minimum absolute atomic E-state index is 0.366. The van der Waals surface area contributed by atoms with E-state index in [1.807, 2.05) is 0 Å². The fourth-order valence-electron chi connectivity index (χ4n) is 2.27. The molecular weight excluding hydrogens is 409 g/mol. The second-order valence-corrected chi connectivity index (χ2v) is 7.38. The van der Waals surface area contributed by atoms with Crippen molar-refractivity contribution in [3.63, 3.8) is 0 Å². The van der Waals surface area contributed by atoms with Gasteiger partial charge in [-0.2, -0.15) is 0 Å². The maximum Gasteiger partial charge on any atom is 0.355 e. The molecule has 1 N–H and O–H groups in total. The number of hydrogen-bond donors (Lipinski definition) is 1. The zero-order chi connectivity index (χ0) is 19.6. The minimum atomic E-state index is -0.968. The molecule has 0 bridgehead atoms. The summed E-state index contributed by atoms with van der Waals surface area (Å²) in [6.45, 7) is 1.50. The number of amides is 1. The molecule has 0 aliphatic rings. The first-order chi connectivity index (χ1) is 12.8. The molecule has 2 aromatic heterocycles. The van der Waals surface area contributed by atoms with E-state index in [0.29, 0.717) is 26.6 Å². The van der Waals surface area contributed by atoms with E-state index in [4.69, 9.17) is 27.9 Å². The van der Waals surface area contributed by atoms with Crippen molar-refractivity contribution >= 4 is 51.5 Å². The Bertz CT molecular complexity index is 999. The van der Waals surface area contributed by atoms with Gasteiger partial charge in [-0.1, -0.05) is 29.3 Å². The average Bonchev–Trinajstić information content (AvgIpc) is 3.26. The molecule has 2 heterocycles. The first kappa shape index (κ1) is 19.4. The van der Waals surface area contributed by atoms with Gasteiger partial charge in [-0.3, -0.25) is 10.1 Å². The van der Waals surface area contributed by atoms with Crippen LogP contribution in [0.3, 0.4) is 0 Å². The summed E-state index contributed by atoms with van der Waals surface area (Å²) >= 11 is 13.2. The van der Waals surface area contributed by atoms with Gasteiger partial charge in [0.1, 0.15) is 5.69 Å². The van der Waals surface area contributed by atoms with E-state index in [9.17, 15) is 9.59 Å². The highest BCUT2D eigenvalue weighted by molar-refractivity contribution is 7.14. The normalized spacial score (nSPS) is 11.9. The minimum Gasteiger partial charge on any atom is -0.448 e. The molecule has 140 valence electrons. The Morgan fingerprint density at radius 2 is 2.04 bits per heavy atom. The summed E-state index contributed by atoms with van der Waals surface area (Å²) in [4.78, 5) is 28.7. The van der Waals surface area contributed by atoms with Crippen LogP contribution >= 0.6 is 34.5 Å². The lowest BCUT2D eigenvalue weighted by Gasteiger charge is -2.12. The van der Waals surface area contributed by atoms with Crippen molar-refractivity contribution in [1.29, 1.82) is 0 Å². The molecule has 0 radical (unpaired) electrons. The number of carbonyl (C=O) groups excluding carboxylic acids is 2. The Morgan fingerprint density at radius 3 is 2.70 bits per heavy atom. The lowest BCUT2D eigenvalue weighted by atomic mass is 10.2. The molecule has 1 amide bonds. The number of ether oxygens (including phenoxy) is 1. The van der Waals surface area contributed by atoms with Crippen molar-refractivity contribution < 1.29 is 14.3 Å². The molecule has 0 fully saturated rings. The number of hydrogen-bond acceptors (Lipinski definition) is 5. The highest BCUT2D eigenvalue weighted by Gasteiger charge is 2.21. The fourth-order valence-corrected chi connectivity index (χ4v) is 3.29. The summed E-state index contributed by atoms with van der Waals surface area (Å²) in [5, 5.41) is 5.71. The molecular formula is C18H15Cl2N3O3S. The Kier molecular flexibility index (Phi) is 5.84. The zero-order valence-corrected chi connectivity index (χ0v) is 16.7. The molecule has 1 aromatic carbocycles. The maximum atomic E-state index is 12.3. The number of aryl methyl sites for hydroxylation is 1. The number of halogens is 2. The lowest BCUT2D eigenvalue weighted by Crippen LogP contribution is -2.30. The highest BCUT2D eigenvalue weighted by atomic mass is 35.5. The quantitative estimate of drug-likeness (QED) is 0.606. The van der Waals surface area contributed by atoms with Crippen molar-refractivity contribution in [2.75, 3.05) is 5.32 Å². The van der Waals surface area contributed by atoms with Crippen LogP contribution < -0.4 is 5.32 Å². The molecule has 3 aromatic rings. The largest absolute Gasteiger partial charge is 0.448 e. The van der Waals surface area contributed by atoms with E-state index >= 15 is 0 Å². The van der Waals surface area contributed by atoms with Crippen molar-refractivity contribution in [2.24, 2.45) is 7.05 Å². The molecule has 0 aliphatic heterocycles. The van der Waals surface area contributed by atoms with Gasteiger partial charge < -0.3 is 9.30 Å². The van der Waals surface area contributed by atoms with Crippen LogP contribution in [0.4, 0.5) is 5.13 Å². The summed E-state index contributed by atoms with van der Waals surface area (Å²) in [5.74, 6) is -1.03. The monoisotopic (exact) mass is 423 g/mol. The molecule has 0 saturated heterocycles. The summed E-state index contributed by atoms with van der Waals surface area (Å²) in [5.41, 5.74) is 1.80. The molecule has 27 heavy (non-hydrogen) atoms. The summed E-state index contributed by atoms with van der Waals surface area (Å²) in [7, 11) is 1.72. The van der Waals surface area contributed by atoms with Crippen LogP contribution in [0.1, 0.15) is 17.4 Å². The standard InChI is InChI=1S/C18H15Cl2N3O3S/c1-10(26-17(25)15-4-3-7-23(15)2)16(24)22-18-21-14(9-27-18)11-5-6-12(19)13(20)8-11/h3-10H,1-2H3,(H,21,22,24)/t10-/m0/s1. The molecule has 3 rings (SSSR count). The third-order valence-electron chi connectivity index (χ3n) is 3.76. The Labute approximate surface area is 169 Å². The van der Waals surface area contributed by atoms with Crippen molar-refractivity contribution in [2.45, 2.75) is 13.0 Å². The number of rotatable bonds is 5. The number of carbonyl (C=O) groups is 2. The van der Waals surface area contributed by atoms with Gasteiger partial charge in [-0.25, -0.2) is 9.78 Å². The molecule has 0 spiro atoms. The van der Waals surface area contributed by atoms with Gasteiger partial charge in [0, 0.05) is 24.2 Å². The van der Waals surface area contributed by atoms with Gasteiger partial charge >= 0.3 is 5.97 Å². The van der Waals surface area contributed by atoms with E-state index in [-0.39, 0.29) is 0 Å². The SMILES string of the molecule is C[C@H](OC(=O)c1cccn1C)C(=O)Nc1nc(-c2ccc(Cl)c(Cl)c2)cs1. The van der Waals surface area contributed by atoms with E-state index in [1.54, 1.807) is 53.5 Å². The number of anilines is 1. The molecule has 1 atom stereocenters. The summed E-state index contributed by atoms with van der Waals surface area (Å²) in [6, 6.07) is 8.52. The van der Waals surface area contributed by atoms with E-state index in [1.165, 1.54) is 18.3 Å². The van der Waals surface area contributed by atoms with E-state index in [2.05, 4.69) is 10.3 Å². The van der Waals surface area contributed by atoms with Gasteiger partial charge in [0.2, 0.25) is 0 Å². The second kappa shape index (κ2) is 8.12. The third-order valence-corrected chi connectivity index (χ3v) is 5.25. The Hall–Kier alpha value is -2.35. The maximum absolute atomic E-state index is 12.3. The van der Waals surface area contributed by atoms with Crippen LogP contribution in [0.5, 0.6) is 0 Å². The number of aromatic nitrogens is 2. The predicted molar refractivity (Wildman–Crippen MR) is 106 cm³/mol. The molecule has 0 aliphatic carbocycles. The lowest BCUT2D eigenvalue weighted by molar-refractivity contribution is -0.123. The van der Waals surface area contributed by atoms with Crippen molar-refractivity contribution in [3.05, 3.63) is 57.6 Å². The summed E-state index contributed by atoms with van der Waals surface area (Å²) in [6.07, 6.45) is 0.756. The molecule has 0 unspecified atom stereocenters. The van der Waals surface area contributed by atoms with E-state index < -0.39 is 18.0 Å². The van der Waals surface area contributed by atoms with Crippen molar-refractivity contribution in [1.82, 2.24) is 9.55 Å². The van der Waals surface area contributed by atoms with Gasteiger partial charge in [-0.05, 0) is 31.2 Å². The average molecular weight is 424 g/mol. The Balaban J connectivity index is 1.64. The molecule has 9 heteroatoms.